The fourth-order valence-corrected chi connectivity index (χ4v) is 2.22. The van der Waals surface area contributed by atoms with Crippen LogP contribution in [0, 0.1) is 0 Å². The number of nitrogens with zero attached hydrogens (tertiary/aromatic N) is 2. The second kappa shape index (κ2) is 4.70. The Hall–Kier alpha value is -2.82. The average molecular weight is 267 g/mol. The lowest BCUT2D eigenvalue weighted by molar-refractivity contribution is 0.415. The molecule has 2 heterocycles. The number of hydrogen-bond donors (Lipinski definition) is 1. The normalized spacial score (nSPS) is 10.7. The van der Waals surface area contributed by atoms with Crippen LogP contribution in [0.1, 0.15) is 0 Å². The van der Waals surface area contributed by atoms with E-state index in [1.165, 1.54) is 6.07 Å². The Kier molecular flexibility index (Phi) is 2.87. The summed E-state index contributed by atoms with van der Waals surface area (Å²) in [5.74, 6) is 6.50. The summed E-state index contributed by atoms with van der Waals surface area (Å²) in [6.07, 6.45) is 3.26. The topological polar surface area (TPSA) is 70.1 Å². The Morgan fingerprint density at radius 2 is 2.10 bits per heavy atom. The van der Waals surface area contributed by atoms with Crippen LogP contribution in [-0.4, -0.2) is 16.8 Å². The first kappa shape index (κ1) is 12.2. The maximum Gasteiger partial charge on any atom is 0.269 e. The zero-order valence-electron chi connectivity index (χ0n) is 10.9. The van der Waals surface area contributed by atoms with Crippen molar-refractivity contribution < 1.29 is 4.74 Å². The summed E-state index contributed by atoms with van der Waals surface area (Å²) in [4.78, 5) is 16.0. The summed E-state index contributed by atoms with van der Waals surface area (Å²) in [5.41, 5.74) is 2.03. The molecule has 0 aliphatic heterocycles. The third-order valence-electron chi connectivity index (χ3n) is 3.24. The SMILES string of the molecule is COc1cccc(-c2cc(=O)n(N)c3cnccc23)c1. The zero-order chi connectivity index (χ0) is 14.1. The second-order valence-corrected chi connectivity index (χ2v) is 4.39. The number of nitrogens with two attached hydrogens (primary N) is 1. The van der Waals surface area contributed by atoms with Crippen molar-refractivity contribution in [3.05, 3.63) is 59.1 Å². The predicted octanol–water partition coefficient (Wildman–Crippen LogP) is 1.79. The molecule has 0 atom stereocenters. The molecule has 5 nitrogen and oxygen atoms in total. The van der Waals surface area contributed by atoms with Gasteiger partial charge in [-0.05, 0) is 29.3 Å². The van der Waals surface area contributed by atoms with Crippen molar-refractivity contribution in [3.8, 4) is 16.9 Å². The van der Waals surface area contributed by atoms with Gasteiger partial charge in [0.25, 0.3) is 5.56 Å². The lowest BCUT2D eigenvalue weighted by Crippen LogP contribution is -2.27. The van der Waals surface area contributed by atoms with E-state index in [4.69, 9.17) is 10.6 Å². The number of hydrogen-bond acceptors (Lipinski definition) is 4. The number of nitrogen functional groups attached to an aromatic ring is 1. The smallest absolute Gasteiger partial charge is 0.269 e. The third kappa shape index (κ3) is 1.89. The van der Waals surface area contributed by atoms with Crippen molar-refractivity contribution in [1.29, 1.82) is 0 Å². The number of ether oxygens (including phenoxy) is 1. The molecule has 0 fully saturated rings. The van der Waals surface area contributed by atoms with Gasteiger partial charge in [0.2, 0.25) is 0 Å². The first-order valence-corrected chi connectivity index (χ1v) is 6.10. The van der Waals surface area contributed by atoms with Crippen molar-refractivity contribution in [2.45, 2.75) is 0 Å². The molecule has 0 aliphatic carbocycles. The standard InChI is InChI=1S/C15H13N3O2/c1-20-11-4-2-3-10(7-11)13-8-15(19)18(16)14-9-17-6-5-12(13)14/h2-9H,16H2,1H3. The highest BCUT2D eigenvalue weighted by Gasteiger charge is 2.09. The van der Waals surface area contributed by atoms with Crippen molar-refractivity contribution in [2.24, 2.45) is 0 Å². The van der Waals surface area contributed by atoms with Crippen LogP contribution < -0.4 is 16.1 Å². The Balaban J connectivity index is 2.36. The van der Waals surface area contributed by atoms with Crippen LogP contribution in [-0.2, 0) is 0 Å². The van der Waals surface area contributed by atoms with Crippen LogP contribution in [0.4, 0.5) is 0 Å². The van der Waals surface area contributed by atoms with Gasteiger partial charge in [-0.1, -0.05) is 12.1 Å². The van der Waals surface area contributed by atoms with E-state index < -0.39 is 0 Å². The molecule has 3 rings (SSSR count). The number of fused-ring (bicyclic) bond motifs is 1. The number of benzene rings is 1. The van der Waals surface area contributed by atoms with E-state index in [-0.39, 0.29) is 5.56 Å². The second-order valence-electron chi connectivity index (χ2n) is 4.39. The molecule has 0 saturated carbocycles. The van der Waals surface area contributed by atoms with Gasteiger partial charge < -0.3 is 10.6 Å². The summed E-state index contributed by atoms with van der Waals surface area (Å²) in [7, 11) is 1.61. The molecule has 20 heavy (non-hydrogen) atoms. The number of pyridine rings is 2. The van der Waals surface area contributed by atoms with Gasteiger partial charge in [-0.15, -0.1) is 0 Å². The molecule has 0 unspecified atom stereocenters. The zero-order valence-corrected chi connectivity index (χ0v) is 10.9. The van der Waals surface area contributed by atoms with Crippen LogP contribution in [0.3, 0.4) is 0 Å². The van der Waals surface area contributed by atoms with E-state index in [1.807, 2.05) is 30.3 Å². The number of rotatable bonds is 2. The quantitative estimate of drug-likeness (QED) is 0.719. The van der Waals surface area contributed by atoms with E-state index in [1.54, 1.807) is 19.5 Å². The molecule has 0 spiro atoms. The summed E-state index contributed by atoms with van der Waals surface area (Å²) >= 11 is 0. The molecule has 2 aromatic heterocycles. The highest BCUT2D eigenvalue weighted by molar-refractivity contribution is 5.94. The maximum atomic E-state index is 12.0. The molecule has 2 N–H and O–H groups in total. The minimum Gasteiger partial charge on any atom is -0.497 e. The first-order chi connectivity index (χ1) is 9.70. The Morgan fingerprint density at radius 3 is 2.90 bits per heavy atom. The Labute approximate surface area is 115 Å². The minimum atomic E-state index is -0.275. The van der Waals surface area contributed by atoms with Crippen LogP contribution in [0.25, 0.3) is 22.0 Å². The highest BCUT2D eigenvalue weighted by atomic mass is 16.5. The van der Waals surface area contributed by atoms with Gasteiger partial charge in [-0.25, -0.2) is 4.68 Å². The van der Waals surface area contributed by atoms with E-state index in [2.05, 4.69) is 4.98 Å². The fourth-order valence-electron chi connectivity index (χ4n) is 2.22. The summed E-state index contributed by atoms with van der Waals surface area (Å²) in [6, 6.07) is 10.9. The minimum absolute atomic E-state index is 0.275. The van der Waals surface area contributed by atoms with Gasteiger partial charge in [0.1, 0.15) is 5.75 Å². The predicted molar refractivity (Wildman–Crippen MR) is 78.1 cm³/mol. The van der Waals surface area contributed by atoms with Crippen molar-refractivity contribution in [2.75, 3.05) is 13.0 Å². The van der Waals surface area contributed by atoms with Crippen molar-refractivity contribution >= 4 is 10.9 Å². The van der Waals surface area contributed by atoms with Crippen LogP contribution in [0.2, 0.25) is 0 Å². The molecule has 3 aromatic rings. The van der Waals surface area contributed by atoms with Gasteiger partial charge in [-0.2, -0.15) is 0 Å². The largest absolute Gasteiger partial charge is 0.497 e. The van der Waals surface area contributed by atoms with Crippen LogP contribution in [0.5, 0.6) is 5.75 Å². The Morgan fingerprint density at radius 1 is 1.25 bits per heavy atom. The highest BCUT2D eigenvalue weighted by Crippen LogP contribution is 2.28. The summed E-state index contributed by atoms with van der Waals surface area (Å²) in [6.45, 7) is 0. The third-order valence-corrected chi connectivity index (χ3v) is 3.24. The Bertz CT molecular complexity index is 840. The van der Waals surface area contributed by atoms with Gasteiger partial charge >= 0.3 is 0 Å². The van der Waals surface area contributed by atoms with Gasteiger partial charge in [0.05, 0.1) is 18.8 Å². The molecule has 0 saturated heterocycles. The number of methoxy groups -OCH3 is 1. The van der Waals surface area contributed by atoms with Crippen molar-refractivity contribution in [3.63, 3.8) is 0 Å². The molecule has 0 amide bonds. The van der Waals surface area contributed by atoms with Crippen LogP contribution in [0.15, 0.2) is 53.6 Å². The fraction of sp³-hybridized carbons (Fsp3) is 0.0667. The van der Waals surface area contributed by atoms with E-state index >= 15 is 0 Å². The van der Waals surface area contributed by atoms with E-state index in [9.17, 15) is 4.79 Å². The molecule has 5 heteroatoms. The lowest BCUT2D eigenvalue weighted by Gasteiger charge is -2.10. The van der Waals surface area contributed by atoms with Gasteiger partial charge in [0, 0.05) is 17.6 Å². The lowest BCUT2D eigenvalue weighted by atomic mass is 10.0. The summed E-state index contributed by atoms with van der Waals surface area (Å²) in [5, 5.41) is 0.871. The monoisotopic (exact) mass is 267 g/mol. The average Bonchev–Trinajstić information content (AvgIpc) is 2.51. The number of aromatic nitrogens is 2. The van der Waals surface area contributed by atoms with Gasteiger partial charge in [0.15, 0.2) is 0 Å². The molecule has 100 valence electrons. The first-order valence-electron chi connectivity index (χ1n) is 6.10. The van der Waals surface area contributed by atoms with Crippen molar-refractivity contribution in [1.82, 2.24) is 9.66 Å². The maximum absolute atomic E-state index is 12.0. The molecule has 0 aliphatic rings. The molecule has 0 radical (unpaired) electrons. The van der Waals surface area contributed by atoms with E-state index in [0.717, 1.165) is 26.9 Å². The molecule has 0 bridgehead atoms. The molecular formula is C15H13N3O2. The molecular weight excluding hydrogens is 254 g/mol. The van der Waals surface area contributed by atoms with Crippen LogP contribution >= 0.6 is 0 Å². The van der Waals surface area contributed by atoms with E-state index in [0.29, 0.717) is 5.52 Å². The van der Waals surface area contributed by atoms with Gasteiger partial charge in [-0.3, -0.25) is 9.78 Å². The summed E-state index contributed by atoms with van der Waals surface area (Å²) < 4.78 is 6.33. The molecule has 1 aromatic carbocycles.